The fourth-order valence-electron chi connectivity index (χ4n) is 10.1. The van der Waals surface area contributed by atoms with Crippen molar-refractivity contribution in [3.8, 4) is 77.9 Å². The van der Waals surface area contributed by atoms with E-state index in [4.69, 9.17) is 0 Å². The van der Waals surface area contributed by atoms with Crippen LogP contribution in [0.2, 0.25) is 0 Å². The zero-order chi connectivity index (χ0) is 42.4. The van der Waals surface area contributed by atoms with E-state index in [2.05, 4.69) is 255 Å². The van der Waals surface area contributed by atoms with Crippen molar-refractivity contribution in [1.82, 2.24) is 0 Å². The van der Waals surface area contributed by atoms with Crippen LogP contribution in [0.5, 0.6) is 0 Å². The molecule has 0 aliphatic carbocycles. The Morgan fingerprint density at radius 2 is 0.328 bits per heavy atom. The molecule has 0 N–H and O–H groups in total. The molecule has 0 aliphatic rings. The van der Waals surface area contributed by atoms with Crippen LogP contribution in [0.25, 0.3) is 121 Å². The third-order valence-corrected chi connectivity index (χ3v) is 13.1. The van der Waals surface area contributed by atoms with E-state index in [1.165, 1.54) is 121 Å². The predicted molar refractivity (Wildman–Crippen MR) is 275 cm³/mol. The number of benzene rings is 12. The fourth-order valence-corrected chi connectivity index (χ4v) is 10.1. The first-order valence-corrected chi connectivity index (χ1v) is 22.2. The quantitative estimate of drug-likeness (QED) is 0.141. The summed E-state index contributed by atoms with van der Waals surface area (Å²) in [6.07, 6.45) is 0. The Morgan fingerprint density at radius 1 is 0.125 bits per heavy atom. The molecular weight excluding hydrogens is 769 g/mol. The van der Waals surface area contributed by atoms with Gasteiger partial charge in [0.25, 0.3) is 0 Å². The summed E-state index contributed by atoms with van der Waals surface area (Å²) in [5.74, 6) is 0. The van der Waals surface area contributed by atoms with E-state index < -0.39 is 0 Å². The molecule has 0 fully saturated rings. The number of rotatable bonds is 7. The van der Waals surface area contributed by atoms with Crippen LogP contribution in [0.15, 0.2) is 255 Å². The summed E-state index contributed by atoms with van der Waals surface area (Å²) in [5.41, 5.74) is 17.2. The van der Waals surface area contributed by atoms with E-state index in [-0.39, 0.29) is 0 Å². The Bertz CT molecular complexity index is 3310. The molecule has 0 heterocycles. The molecule has 0 radical (unpaired) electrons. The van der Waals surface area contributed by atoms with E-state index >= 15 is 0 Å². The van der Waals surface area contributed by atoms with Gasteiger partial charge in [0.05, 0.1) is 0 Å². The van der Waals surface area contributed by atoms with Gasteiger partial charge in [-0.05, 0) is 133 Å². The summed E-state index contributed by atoms with van der Waals surface area (Å²) in [6, 6.07) is 93.4. The van der Waals surface area contributed by atoms with Gasteiger partial charge in [-0.2, -0.15) is 0 Å². The number of hydrogen-bond acceptors (Lipinski definition) is 0. The summed E-state index contributed by atoms with van der Waals surface area (Å²) in [5, 5.41) is 10.1. The molecule has 12 aromatic carbocycles. The zero-order valence-electron chi connectivity index (χ0n) is 35.2. The van der Waals surface area contributed by atoms with Gasteiger partial charge in [-0.3, -0.25) is 0 Å². The summed E-state index contributed by atoms with van der Waals surface area (Å²) in [6.45, 7) is 0. The molecule has 64 heavy (non-hydrogen) atoms. The summed E-state index contributed by atoms with van der Waals surface area (Å²) < 4.78 is 0. The molecule has 0 unspecified atom stereocenters. The fraction of sp³-hybridized carbons (Fsp3) is 0. The van der Waals surface area contributed by atoms with Gasteiger partial charge in [-0.15, -0.1) is 0 Å². The lowest BCUT2D eigenvalue weighted by atomic mass is 9.85. The molecular formula is C64H42. The van der Waals surface area contributed by atoms with Crippen molar-refractivity contribution in [1.29, 1.82) is 0 Å². The Labute approximate surface area is 374 Å². The molecule has 0 heteroatoms. The van der Waals surface area contributed by atoms with Gasteiger partial charge in [0.15, 0.2) is 0 Å². The van der Waals surface area contributed by atoms with Crippen molar-refractivity contribution < 1.29 is 0 Å². The van der Waals surface area contributed by atoms with Gasteiger partial charge in [0.1, 0.15) is 0 Å². The minimum absolute atomic E-state index is 1.20. The molecule has 0 saturated heterocycles. The normalized spacial score (nSPS) is 11.4. The summed E-state index contributed by atoms with van der Waals surface area (Å²) in [7, 11) is 0. The minimum atomic E-state index is 1.20. The van der Waals surface area contributed by atoms with Gasteiger partial charge in [-0.25, -0.2) is 0 Å². The van der Waals surface area contributed by atoms with Gasteiger partial charge in [0, 0.05) is 0 Å². The molecule has 0 nitrogen and oxygen atoms in total. The van der Waals surface area contributed by atoms with Crippen LogP contribution in [0.1, 0.15) is 0 Å². The van der Waals surface area contributed by atoms with Crippen molar-refractivity contribution in [2.45, 2.75) is 0 Å². The van der Waals surface area contributed by atoms with Crippen LogP contribution in [-0.4, -0.2) is 0 Å². The Kier molecular flexibility index (Phi) is 9.28. The second-order valence-electron chi connectivity index (χ2n) is 16.7. The van der Waals surface area contributed by atoms with E-state index in [9.17, 15) is 0 Å². The van der Waals surface area contributed by atoms with Gasteiger partial charge >= 0.3 is 0 Å². The van der Waals surface area contributed by atoms with E-state index in [0.29, 0.717) is 0 Å². The van der Waals surface area contributed by atoms with Crippen LogP contribution < -0.4 is 0 Å². The highest BCUT2D eigenvalue weighted by atomic mass is 14.2. The van der Waals surface area contributed by atoms with Crippen molar-refractivity contribution in [2.75, 3.05) is 0 Å². The maximum Gasteiger partial charge on any atom is -0.00262 e. The van der Waals surface area contributed by atoms with Crippen molar-refractivity contribution in [3.63, 3.8) is 0 Å². The third kappa shape index (κ3) is 6.48. The third-order valence-electron chi connectivity index (χ3n) is 13.1. The SMILES string of the molecule is c1ccc(-c2cccc(-c3c4ccccc4c(-c4ccc(-c5ccc(-c6c7ccccc7c(-c7cccc(-c8ccccc8)c7)c7ccccc67)cc5)cc4)c4ccccc34)c2)cc1. The Hall–Kier alpha value is -8.32. The van der Waals surface area contributed by atoms with Crippen LogP contribution in [0, 0.1) is 0 Å². The van der Waals surface area contributed by atoms with Crippen LogP contribution >= 0.6 is 0 Å². The lowest BCUT2D eigenvalue weighted by molar-refractivity contribution is 1.60. The second kappa shape index (κ2) is 15.9. The van der Waals surface area contributed by atoms with Gasteiger partial charge in [0.2, 0.25) is 0 Å². The largest absolute Gasteiger partial charge is 0.0622 e. The molecule has 298 valence electrons. The molecule has 0 aliphatic heterocycles. The first-order chi connectivity index (χ1) is 31.8. The molecule has 0 saturated carbocycles. The average Bonchev–Trinajstić information content (AvgIpc) is 3.38. The minimum Gasteiger partial charge on any atom is -0.0622 e. The molecule has 0 bridgehead atoms. The number of fused-ring (bicyclic) bond motifs is 4. The molecule has 12 rings (SSSR count). The zero-order valence-corrected chi connectivity index (χ0v) is 35.2. The predicted octanol–water partition coefficient (Wildman–Crippen LogP) is 18.0. The first-order valence-electron chi connectivity index (χ1n) is 22.2. The second-order valence-corrected chi connectivity index (χ2v) is 16.7. The standard InChI is InChI=1S/C64H42/c1-3-17-43(18-4-1)49-21-15-23-51(41-49)63-57-29-11-7-25-53(57)61(54-26-8-12-30-58(54)63)47-37-33-45(34-38-47)46-35-39-48(40-36-46)62-55-27-9-13-31-59(55)64(60-32-14-10-28-56(60)62)52-24-16-22-50(42-52)44-19-5-2-6-20-44/h1-42H. The van der Waals surface area contributed by atoms with Crippen molar-refractivity contribution in [3.05, 3.63) is 255 Å². The van der Waals surface area contributed by atoms with E-state index in [1.54, 1.807) is 0 Å². The Balaban J connectivity index is 0.927. The maximum absolute atomic E-state index is 2.34. The lowest BCUT2D eigenvalue weighted by Crippen LogP contribution is -1.92. The van der Waals surface area contributed by atoms with Crippen molar-refractivity contribution in [2.24, 2.45) is 0 Å². The molecule has 0 atom stereocenters. The molecule has 0 amide bonds. The number of hydrogen-bond donors (Lipinski definition) is 0. The molecule has 0 spiro atoms. The molecule has 0 aromatic heterocycles. The average molecular weight is 811 g/mol. The summed E-state index contributed by atoms with van der Waals surface area (Å²) in [4.78, 5) is 0. The smallest absolute Gasteiger partial charge is 0.00262 e. The lowest BCUT2D eigenvalue weighted by Gasteiger charge is -2.19. The van der Waals surface area contributed by atoms with E-state index in [0.717, 1.165) is 0 Å². The monoisotopic (exact) mass is 810 g/mol. The van der Waals surface area contributed by atoms with Gasteiger partial charge in [-0.1, -0.05) is 243 Å². The highest BCUT2D eigenvalue weighted by molar-refractivity contribution is 6.23. The highest BCUT2D eigenvalue weighted by Gasteiger charge is 2.19. The Morgan fingerprint density at radius 3 is 0.625 bits per heavy atom. The topological polar surface area (TPSA) is 0 Å². The highest BCUT2D eigenvalue weighted by Crippen LogP contribution is 2.46. The maximum atomic E-state index is 2.34. The first kappa shape index (κ1) is 37.4. The van der Waals surface area contributed by atoms with Crippen LogP contribution in [0.4, 0.5) is 0 Å². The van der Waals surface area contributed by atoms with E-state index in [1.807, 2.05) is 0 Å². The summed E-state index contributed by atoms with van der Waals surface area (Å²) >= 11 is 0. The van der Waals surface area contributed by atoms with Crippen molar-refractivity contribution >= 4 is 43.1 Å². The molecule has 12 aromatic rings. The van der Waals surface area contributed by atoms with Crippen LogP contribution in [-0.2, 0) is 0 Å². The van der Waals surface area contributed by atoms with Crippen LogP contribution in [0.3, 0.4) is 0 Å². The van der Waals surface area contributed by atoms with Gasteiger partial charge < -0.3 is 0 Å².